The van der Waals surface area contributed by atoms with E-state index in [1.807, 2.05) is 24.3 Å². The van der Waals surface area contributed by atoms with Crippen LogP contribution >= 0.6 is 0 Å². The zero-order valence-electron chi connectivity index (χ0n) is 15.5. The average molecular weight is 348 g/mol. The molecule has 1 saturated heterocycles. The summed E-state index contributed by atoms with van der Waals surface area (Å²) < 4.78 is 0.653. The van der Waals surface area contributed by atoms with Gasteiger partial charge >= 0.3 is 5.95 Å². The average Bonchev–Trinajstić information content (AvgIpc) is 3.12. The molecule has 0 bridgehead atoms. The van der Waals surface area contributed by atoms with Crippen molar-refractivity contribution >= 4 is 22.7 Å². The van der Waals surface area contributed by atoms with Crippen LogP contribution in [0.2, 0.25) is 0 Å². The molecule has 1 atom stereocenters. The number of likely N-dealkylation sites (N-methyl/N-ethyl adjacent to an activating group) is 1. The maximum absolute atomic E-state index is 6.21. The van der Waals surface area contributed by atoms with E-state index in [-0.39, 0.29) is 0 Å². The summed E-state index contributed by atoms with van der Waals surface area (Å²) in [5.41, 5.74) is 8.49. The predicted octanol–water partition coefficient (Wildman–Crippen LogP) is 3.05. The van der Waals surface area contributed by atoms with E-state index in [4.69, 9.17) is 10.7 Å². The Kier molecular flexibility index (Phi) is 4.34. The molecule has 134 valence electrons. The maximum atomic E-state index is 6.21. The molecule has 3 aromatic rings. The van der Waals surface area contributed by atoms with E-state index in [9.17, 15) is 0 Å². The maximum Gasteiger partial charge on any atom is 0.331 e. The molecule has 1 aliphatic rings. The summed E-state index contributed by atoms with van der Waals surface area (Å²) >= 11 is 0. The van der Waals surface area contributed by atoms with Gasteiger partial charge in [-0.2, -0.15) is 9.97 Å². The molecule has 2 aromatic carbocycles. The number of para-hydroxylation sites is 1. The minimum Gasteiger partial charge on any atom is -0.383 e. The van der Waals surface area contributed by atoms with Gasteiger partial charge in [-0.25, -0.2) is 0 Å². The van der Waals surface area contributed by atoms with E-state index < -0.39 is 0 Å². The van der Waals surface area contributed by atoms with Crippen LogP contribution in [-0.4, -0.2) is 48.1 Å². The van der Waals surface area contributed by atoms with Crippen molar-refractivity contribution in [3.8, 4) is 0 Å². The van der Waals surface area contributed by atoms with Crippen LogP contribution in [0, 0.1) is 0 Å². The lowest BCUT2D eigenvalue weighted by Crippen LogP contribution is -2.52. The van der Waals surface area contributed by atoms with Gasteiger partial charge in [-0.05, 0) is 17.7 Å². The molecule has 0 spiro atoms. The van der Waals surface area contributed by atoms with Gasteiger partial charge in [0.1, 0.15) is 11.9 Å². The third-order valence-electron chi connectivity index (χ3n) is 5.55. The Morgan fingerprint density at radius 2 is 1.77 bits per heavy atom. The molecular weight excluding hydrogens is 322 g/mol. The normalized spacial score (nSPS) is 18.5. The Morgan fingerprint density at radius 3 is 2.58 bits per heavy atom. The van der Waals surface area contributed by atoms with Gasteiger partial charge < -0.3 is 5.73 Å². The topological polar surface area (TPSA) is 55.0 Å². The lowest BCUT2D eigenvalue weighted by molar-refractivity contribution is 0.255. The number of anilines is 1. The standard InChI is InChI=1S/C21H26N5/c1-26(2,21-23-19-11-7-6-10-18(19)20(22)24-21)17-12-13-25(15-17)14-16-8-4-3-5-9-16/h3-11,17H,12-15H2,1-2H3,(H2,22,23,24)/q+1. The third-order valence-corrected chi connectivity index (χ3v) is 5.55. The zero-order valence-corrected chi connectivity index (χ0v) is 15.5. The van der Waals surface area contributed by atoms with E-state index in [1.165, 1.54) is 5.56 Å². The van der Waals surface area contributed by atoms with Gasteiger partial charge in [0.2, 0.25) is 0 Å². The van der Waals surface area contributed by atoms with Crippen LogP contribution in [0.4, 0.5) is 11.8 Å². The minimum atomic E-state index is 0.458. The number of hydrogen-bond donors (Lipinski definition) is 1. The van der Waals surface area contributed by atoms with Crippen molar-refractivity contribution in [2.45, 2.75) is 19.0 Å². The molecule has 1 aromatic heterocycles. The number of nitrogens with two attached hydrogens (primary N) is 1. The van der Waals surface area contributed by atoms with Crippen molar-refractivity contribution in [3.63, 3.8) is 0 Å². The van der Waals surface area contributed by atoms with Crippen LogP contribution in [0.25, 0.3) is 10.9 Å². The van der Waals surface area contributed by atoms with Gasteiger partial charge in [-0.15, -0.1) is 0 Å². The molecule has 4 rings (SSSR count). The van der Waals surface area contributed by atoms with Crippen LogP contribution in [0.5, 0.6) is 0 Å². The largest absolute Gasteiger partial charge is 0.383 e. The second-order valence-electron chi connectivity index (χ2n) is 7.63. The molecule has 5 heteroatoms. The second-order valence-corrected chi connectivity index (χ2v) is 7.63. The summed E-state index contributed by atoms with van der Waals surface area (Å²) in [5, 5.41) is 0.924. The van der Waals surface area contributed by atoms with Crippen LogP contribution < -0.4 is 10.2 Å². The van der Waals surface area contributed by atoms with E-state index in [0.717, 1.165) is 42.9 Å². The molecule has 0 saturated carbocycles. The number of nitrogen functional groups attached to an aromatic ring is 1. The molecule has 1 fully saturated rings. The van der Waals surface area contributed by atoms with Crippen molar-refractivity contribution in [2.24, 2.45) is 0 Å². The van der Waals surface area contributed by atoms with Crippen LogP contribution in [0.15, 0.2) is 54.6 Å². The second kappa shape index (κ2) is 6.67. The number of fused-ring (bicyclic) bond motifs is 1. The molecule has 1 unspecified atom stereocenters. The summed E-state index contributed by atoms with van der Waals surface area (Å²) in [4.78, 5) is 12.0. The van der Waals surface area contributed by atoms with Crippen molar-refractivity contribution < 1.29 is 0 Å². The van der Waals surface area contributed by atoms with Crippen molar-refractivity contribution in [1.82, 2.24) is 19.4 Å². The third kappa shape index (κ3) is 3.16. The zero-order chi connectivity index (χ0) is 18.1. The first-order valence-electron chi connectivity index (χ1n) is 9.17. The fourth-order valence-corrected chi connectivity index (χ4v) is 3.83. The molecule has 5 nitrogen and oxygen atoms in total. The molecule has 0 radical (unpaired) electrons. The van der Waals surface area contributed by atoms with E-state index in [0.29, 0.717) is 16.3 Å². The van der Waals surface area contributed by atoms with E-state index in [2.05, 4.69) is 54.3 Å². The Morgan fingerprint density at radius 1 is 1.04 bits per heavy atom. The molecule has 2 heterocycles. The van der Waals surface area contributed by atoms with Gasteiger partial charge in [0.25, 0.3) is 0 Å². The van der Waals surface area contributed by atoms with Gasteiger partial charge in [0.05, 0.1) is 26.2 Å². The molecule has 0 amide bonds. The fourth-order valence-electron chi connectivity index (χ4n) is 3.83. The molecule has 26 heavy (non-hydrogen) atoms. The lowest BCUT2D eigenvalue weighted by Gasteiger charge is -2.33. The quantitative estimate of drug-likeness (QED) is 0.736. The Balaban J connectivity index is 1.55. The van der Waals surface area contributed by atoms with Crippen molar-refractivity contribution in [1.29, 1.82) is 0 Å². The summed E-state index contributed by atoms with van der Waals surface area (Å²) in [6, 6.07) is 19.1. The van der Waals surface area contributed by atoms with Gasteiger partial charge in [-0.1, -0.05) is 42.5 Å². The summed E-state index contributed by atoms with van der Waals surface area (Å²) in [6.45, 7) is 3.14. The molecule has 0 aliphatic carbocycles. The first-order valence-corrected chi connectivity index (χ1v) is 9.17. The number of aromatic nitrogens is 2. The Labute approximate surface area is 154 Å². The number of hydrogen-bond acceptors (Lipinski definition) is 4. The number of quaternary nitrogens is 1. The first-order chi connectivity index (χ1) is 12.5. The summed E-state index contributed by atoms with van der Waals surface area (Å²) in [5.74, 6) is 1.36. The molecular formula is C21H26N5+. The van der Waals surface area contributed by atoms with Crippen molar-refractivity contribution in [3.05, 3.63) is 60.2 Å². The lowest BCUT2D eigenvalue weighted by atomic mass is 10.2. The highest BCUT2D eigenvalue weighted by Crippen LogP contribution is 2.28. The SMILES string of the molecule is C[N+](C)(c1nc(N)c2ccccc2n1)C1CCN(Cc2ccccc2)C1. The number of nitrogens with zero attached hydrogens (tertiary/aromatic N) is 4. The molecule has 1 aliphatic heterocycles. The van der Waals surface area contributed by atoms with Gasteiger partial charge in [-0.3, -0.25) is 9.38 Å². The minimum absolute atomic E-state index is 0.458. The highest BCUT2D eigenvalue weighted by atomic mass is 15.4. The smallest absolute Gasteiger partial charge is 0.331 e. The fraction of sp³-hybridized carbons (Fsp3) is 0.333. The highest BCUT2D eigenvalue weighted by molar-refractivity contribution is 5.88. The predicted molar refractivity (Wildman–Crippen MR) is 108 cm³/mol. The van der Waals surface area contributed by atoms with Crippen molar-refractivity contribution in [2.75, 3.05) is 32.9 Å². The van der Waals surface area contributed by atoms with E-state index >= 15 is 0 Å². The van der Waals surface area contributed by atoms with Crippen LogP contribution in [-0.2, 0) is 6.54 Å². The number of likely N-dealkylation sites (tertiary alicyclic amines) is 1. The Bertz CT molecular complexity index is 907. The summed E-state index contributed by atoms with van der Waals surface area (Å²) in [7, 11) is 4.39. The van der Waals surface area contributed by atoms with Crippen LogP contribution in [0.3, 0.4) is 0 Å². The van der Waals surface area contributed by atoms with E-state index in [1.54, 1.807) is 0 Å². The summed E-state index contributed by atoms with van der Waals surface area (Å²) in [6.07, 6.45) is 1.13. The van der Waals surface area contributed by atoms with Crippen LogP contribution in [0.1, 0.15) is 12.0 Å². The number of rotatable bonds is 4. The number of benzene rings is 2. The molecule has 2 N–H and O–H groups in total. The van der Waals surface area contributed by atoms with Gasteiger partial charge in [0, 0.05) is 24.9 Å². The first kappa shape index (κ1) is 16.9. The van der Waals surface area contributed by atoms with Gasteiger partial charge in [0.15, 0.2) is 0 Å². The highest BCUT2D eigenvalue weighted by Gasteiger charge is 2.39. The monoisotopic (exact) mass is 348 g/mol. The Hall–Kier alpha value is -2.50.